The van der Waals surface area contributed by atoms with Gasteiger partial charge in [-0.05, 0) is 25.3 Å². The number of unbranched alkanes of at least 4 members (excludes halogenated alkanes) is 5. The third kappa shape index (κ3) is 25.9. The van der Waals surface area contributed by atoms with Gasteiger partial charge >= 0.3 is 33.6 Å². The fourth-order valence-corrected chi connectivity index (χ4v) is 2.54. The summed E-state index contributed by atoms with van der Waals surface area (Å²) in [5.74, 6) is 2.77. The van der Waals surface area contributed by atoms with E-state index in [-0.39, 0.29) is 39.0 Å². The van der Waals surface area contributed by atoms with Crippen LogP contribution in [0.5, 0.6) is 5.75 Å². The van der Waals surface area contributed by atoms with E-state index < -0.39 is 0 Å². The van der Waals surface area contributed by atoms with Crippen LogP contribution in [-0.4, -0.2) is 18.0 Å². The Labute approximate surface area is 226 Å². The molecule has 4 aromatic rings. The monoisotopic (exact) mass is 550 g/mol. The topological polar surface area (TPSA) is 57.8 Å². The molecule has 4 rings (SSSR count). The SMILES string of the molecule is O.O=C=CCCCCCCCOc1ccc[cH-]1.[Co+2].[Co+2].c1cc[cH-]c1.c1cc[cH-]c1.c1cc[cH-]c1. The predicted molar refractivity (Wildman–Crippen MR) is 135 cm³/mol. The summed E-state index contributed by atoms with van der Waals surface area (Å²) in [7, 11) is 0. The Balaban J connectivity index is -0.000000436. The fourth-order valence-electron chi connectivity index (χ4n) is 2.54. The van der Waals surface area contributed by atoms with Crippen molar-refractivity contribution in [3.05, 3.63) is 121 Å². The van der Waals surface area contributed by atoms with E-state index in [4.69, 9.17) is 4.74 Å². The molecule has 0 saturated carbocycles. The minimum Gasteiger partial charge on any atom is -0.520 e. The predicted octanol–water partition coefficient (Wildman–Crippen LogP) is 6.90. The molecule has 0 bridgehead atoms. The minimum atomic E-state index is 0. The van der Waals surface area contributed by atoms with Gasteiger partial charge < -0.3 is 10.2 Å². The van der Waals surface area contributed by atoms with Crippen LogP contribution < -0.4 is 4.74 Å². The van der Waals surface area contributed by atoms with Crippen LogP contribution in [0.25, 0.3) is 0 Å². The number of allylic oxidation sites excluding steroid dienone is 1. The van der Waals surface area contributed by atoms with E-state index in [2.05, 4.69) is 0 Å². The molecule has 188 valence electrons. The van der Waals surface area contributed by atoms with Crippen LogP contribution in [0.2, 0.25) is 0 Å². The Hall–Kier alpha value is -2.38. The Morgan fingerprint density at radius 2 is 1.15 bits per heavy atom. The standard InChI is InChI=1S/C14H19O2.3C5H5.2Co.H2O/c15-12-8-4-2-1-3-5-9-13-16-14-10-6-7-11-14;3*1-2-4-5-3-1;;;/h6-8,10-11H,1-5,9,13H2;3*1-5H;;;1H2/q4*-1;2*+2;. The number of ether oxygens (including phenoxy) is 1. The van der Waals surface area contributed by atoms with E-state index in [9.17, 15) is 4.79 Å². The minimum absolute atomic E-state index is 0. The van der Waals surface area contributed by atoms with Crippen molar-refractivity contribution in [2.24, 2.45) is 0 Å². The molecular formula is C29H36Co2O3. The van der Waals surface area contributed by atoms with Crippen LogP contribution in [0.1, 0.15) is 38.5 Å². The van der Waals surface area contributed by atoms with Crippen molar-refractivity contribution in [2.75, 3.05) is 6.61 Å². The molecule has 0 aliphatic rings. The van der Waals surface area contributed by atoms with E-state index in [0.29, 0.717) is 0 Å². The van der Waals surface area contributed by atoms with E-state index in [1.165, 1.54) is 19.3 Å². The maximum absolute atomic E-state index is 9.89. The Bertz CT molecular complexity index is 685. The van der Waals surface area contributed by atoms with Gasteiger partial charge in [0.15, 0.2) is 0 Å². The Morgan fingerprint density at radius 3 is 1.53 bits per heavy atom. The summed E-state index contributed by atoms with van der Waals surface area (Å²) in [6, 6.07) is 37.9. The Morgan fingerprint density at radius 1 is 0.676 bits per heavy atom. The molecule has 2 radical (unpaired) electrons. The van der Waals surface area contributed by atoms with Crippen LogP contribution >= 0.6 is 0 Å². The largest absolute Gasteiger partial charge is 2.00 e. The molecule has 0 heterocycles. The first-order valence-electron chi connectivity index (χ1n) is 11.0. The zero-order valence-electron chi connectivity index (χ0n) is 19.5. The first-order chi connectivity index (χ1) is 15.4. The van der Waals surface area contributed by atoms with Gasteiger partial charge in [-0.1, -0.05) is 19.3 Å². The maximum atomic E-state index is 9.89. The third-order valence-electron chi connectivity index (χ3n) is 4.14. The molecule has 5 heteroatoms. The summed E-state index contributed by atoms with van der Waals surface area (Å²) < 4.78 is 5.53. The molecule has 0 aliphatic heterocycles. The molecule has 3 nitrogen and oxygen atoms in total. The molecule has 0 amide bonds. The second-order valence-electron chi connectivity index (χ2n) is 6.73. The molecule has 0 atom stereocenters. The van der Waals surface area contributed by atoms with Gasteiger partial charge in [0.1, 0.15) is 5.94 Å². The average Bonchev–Trinajstić information content (AvgIpc) is 3.65. The molecule has 0 fully saturated rings. The maximum Gasteiger partial charge on any atom is 2.00 e. The van der Waals surface area contributed by atoms with Crippen molar-refractivity contribution in [3.63, 3.8) is 0 Å². The van der Waals surface area contributed by atoms with Crippen molar-refractivity contribution < 1.29 is 48.6 Å². The van der Waals surface area contributed by atoms with E-state index in [0.717, 1.165) is 31.6 Å². The number of hydrogen-bond donors (Lipinski definition) is 0. The smallest absolute Gasteiger partial charge is 0.520 e. The van der Waals surface area contributed by atoms with Crippen LogP contribution in [0, 0.1) is 0 Å². The van der Waals surface area contributed by atoms with Crippen LogP contribution in [0.4, 0.5) is 0 Å². The van der Waals surface area contributed by atoms with Crippen molar-refractivity contribution >= 4 is 5.94 Å². The fraction of sp³-hybridized carbons (Fsp3) is 0.241. The molecule has 0 spiro atoms. The molecule has 34 heavy (non-hydrogen) atoms. The quantitative estimate of drug-likeness (QED) is 0.129. The first-order valence-corrected chi connectivity index (χ1v) is 11.0. The first kappa shape index (κ1) is 36.2. The molecule has 0 aromatic heterocycles. The van der Waals surface area contributed by atoms with Crippen molar-refractivity contribution in [1.82, 2.24) is 0 Å². The van der Waals surface area contributed by atoms with E-state index in [1.807, 2.05) is 115 Å². The number of rotatable bonds is 9. The van der Waals surface area contributed by atoms with Crippen molar-refractivity contribution in [2.45, 2.75) is 38.5 Å². The molecule has 0 saturated heterocycles. The molecular weight excluding hydrogens is 514 g/mol. The number of hydrogen-bond acceptors (Lipinski definition) is 2. The van der Waals surface area contributed by atoms with E-state index in [1.54, 1.807) is 12.0 Å². The summed E-state index contributed by atoms with van der Waals surface area (Å²) in [6.07, 6.45) is 8.25. The zero-order chi connectivity index (χ0) is 22.1. The average molecular weight is 550 g/mol. The molecule has 2 N–H and O–H groups in total. The zero-order valence-corrected chi connectivity index (χ0v) is 21.6. The van der Waals surface area contributed by atoms with Gasteiger partial charge in [0.25, 0.3) is 0 Å². The Kier molecular flexibility index (Phi) is 32.6. The van der Waals surface area contributed by atoms with Crippen LogP contribution in [0.15, 0.2) is 121 Å². The van der Waals surface area contributed by atoms with Crippen molar-refractivity contribution in [3.8, 4) is 5.75 Å². The summed E-state index contributed by atoms with van der Waals surface area (Å²) in [4.78, 5) is 9.89. The van der Waals surface area contributed by atoms with Crippen LogP contribution in [-0.2, 0) is 38.4 Å². The van der Waals surface area contributed by atoms with Gasteiger partial charge in [0.2, 0.25) is 0 Å². The third-order valence-corrected chi connectivity index (χ3v) is 4.14. The second kappa shape index (κ2) is 30.6. The second-order valence-corrected chi connectivity index (χ2v) is 6.73. The van der Waals surface area contributed by atoms with Gasteiger partial charge in [-0.15, -0.1) is 6.07 Å². The number of carbonyl (C=O) groups excluding carboxylic acids is 1. The summed E-state index contributed by atoms with van der Waals surface area (Å²) >= 11 is 0. The van der Waals surface area contributed by atoms with E-state index >= 15 is 0 Å². The summed E-state index contributed by atoms with van der Waals surface area (Å²) in [5, 5.41) is 0. The molecule has 0 unspecified atom stereocenters. The van der Waals surface area contributed by atoms with Crippen LogP contribution in [0.3, 0.4) is 0 Å². The van der Waals surface area contributed by atoms with Gasteiger partial charge in [-0.25, -0.2) is 47.3 Å². The van der Waals surface area contributed by atoms with Gasteiger partial charge in [-0.2, -0.15) is 66.7 Å². The molecule has 4 aromatic carbocycles. The van der Waals surface area contributed by atoms with Gasteiger partial charge in [0.05, 0.1) is 6.61 Å². The van der Waals surface area contributed by atoms with Gasteiger partial charge in [0, 0.05) is 5.75 Å². The van der Waals surface area contributed by atoms with Crippen molar-refractivity contribution in [1.29, 1.82) is 0 Å². The molecule has 0 aliphatic carbocycles. The summed E-state index contributed by atoms with van der Waals surface area (Å²) in [6.45, 7) is 0.804. The summed E-state index contributed by atoms with van der Waals surface area (Å²) in [5.41, 5.74) is 0. The normalized spacial score (nSPS) is 8.12. The van der Waals surface area contributed by atoms with Gasteiger partial charge in [-0.3, -0.25) is 0 Å².